The minimum Gasteiger partial charge on any atom is -0.389 e. The van der Waals surface area contributed by atoms with E-state index in [9.17, 15) is 9.18 Å². The number of nitrogens with one attached hydrogen (secondary N) is 2. The van der Waals surface area contributed by atoms with Gasteiger partial charge in [-0.25, -0.2) is 9.18 Å². The van der Waals surface area contributed by atoms with Crippen LogP contribution in [0.15, 0.2) is 48.5 Å². The fourth-order valence-electron chi connectivity index (χ4n) is 1.58. The fourth-order valence-corrected chi connectivity index (χ4v) is 1.70. The van der Waals surface area contributed by atoms with Gasteiger partial charge in [0.1, 0.15) is 10.8 Å². The number of para-hydroxylation sites is 1. The number of halogens is 1. The maximum Gasteiger partial charge on any atom is 0.323 e. The van der Waals surface area contributed by atoms with Crippen molar-refractivity contribution in [2.75, 3.05) is 10.6 Å². The van der Waals surface area contributed by atoms with E-state index in [0.717, 1.165) is 0 Å². The monoisotopic (exact) mass is 289 g/mol. The first kappa shape index (κ1) is 14.0. The normalized spacial score (nSPS) is 9.85. The Labute approximate surface area is 120 Å². The SMILES string of the molecule is NC(=S)c1ccc(NC(=O)Nc2ccccc2)c(F)c1. The average molecular weight is 289 g/mol. The minimum atomic E-state index is -0.599. The predicted octanol–water partition coefficient (Wildman–Crippen LogP) is 3.10. The van der Waals surface area contributed by atoms with Gasteiger partial charge in [0.2, 0.25) is 0 Å². The van der Waals surface area contributed by atoms with Crippen molar-refractivity contribution in [2.45, 2.75) is 0 Å². The van der Waals surface area contributed by atoms with E-state index < -0.39 is 11.8 Å². The lowest BCUT2D eigenvalue weighted by atomic mass is 10.2. The van der Waals surface area contributed by atoms with Crippen molar-refractivity contribution in [3.05, 3.63) is 59.9 Å². The van der Waals surface area contributed by atoms with Crippen LogP contribution in [0.5, 0.6) is 0 Å². The van der Waals surface area contributed by atoms with Gasteiger partial charge in [-0.05, 0) is 30.3 Å². The lowest BCUT2D eigenvalue weighted by Crippen LogP contribution is -2.20. The highest BCUT2D eigenvalue weighted by Gasteiger charge is 2.08. The standard InChI is InChI=1S/C14H12FN3OS/c15-11-8-9(13(16)20)6-7-12(11)18-14(19)17-10-4-2-1-3-5-10/h1-8H,(H2,16,20)(H2,17,18,19). The number of hydrogen-bond donors (Lipinski definition) is 3. The molecule has 0 aliphatic heterocycles. The molecule has 4 nitrogen and oxygen atoms in total. The van der Waals surface area contributed by atoms with Crippen LogP contribution in [0.2, 0.25) is 0 Å². The van der Waals surface area contributed by atoms with Crippen molar-refractivity contribution in [2.24, 2.45) is 5.73 Å². The first-order valence-corrected chi connectivity index (χ1v) is 6.19. The molecule has 102 valence electrons. The number of anilines is 2. The summed E-state index contributed by atoms with van der Waals surface area (Å²) in [5.74, 6) is -0.599. The van der Waals surface area contributed by atoms with E-state index in [1.165, 1.54) is 12.1 Å². The number of benzene rings is 2. The quantitative estimate of drug-likeness (QED) is 0.761. The number of hydrogen-bond acceptors (Lipinski definition) is 2. The second-order valence-corrected chi connectivity index (χ2v) is 4.44. The van der Waals surface area contributed by atoms with Crippen LogP contribution in [0.3, 0.4) is 0 Å². The Morgan fingerprint density at radius 1 is 1.10 bits per heavy atom. The predicted molar refractivity (Wildman–Crippen MR) is 81.4 cm³/mol. The highest BCUT2D eigenvalue weighted by Crippen LogP contribution is 2.16. The molecule has 0 saturated heterocycles. The lowest BCUT2D eigenvalue weighted by Gasteiger charge is -2.09. The van der Waals surface area contributed by atoms with Gasteiger partial charge in [-0.15, -0.1) is 0 Å². The number of amides is 2. The van der Waals surface area contributed by atoms with Gasteiger partial charge in [0.15, 0.2) is 0 Å². The van der Waals surface area contributed by atoms with E-state index in [0.29, 0.717) is 11.3 Å². The van der Waals surface area contributed by atoms with Crippen molar-refractivity contribution >= 4 is 34.6 Å². The maximum atomic E-state index is 13.8. The second kappa shape index (κ2) is 6.12. The zero-order valence-electron chi connectivity index (χ0n) is 10.4. The zero-order valence-corrected chi connectivity index (χ0v) is 11.2. The van der Waals surface area contributed by atoms with Gasteiger partial charge in [-0.1, -0.05) is 30.4 Å². The summed E-state index contributed by atoms with van der Waals surface area (Å²) >= 11 is 4.75. The topological polar surface area (TPSA) is 67.1 Å². The van der Waals surface area contributed by atoms with E-state index in [2.05, 4.69) is 10.6 Å². The molecule has 2 amide bonds. The lowest BCUT2D eigenvalue weighted by molar-refractivity contribution is 0.262. The van der Waals surface area contributed by atoms with Crippen LogP contribution in [-0.4, -0.2) is 11.0 Å². The molecule has 0 fully saturated rings. The molecule has 2 aromatic carbocycles. The van der Waals surface area contributed by atoms with Crippen LogP contribution >= 0.6 is 12.2 Å². The van der Waals surface area contributed by atoms with E-state index in [-0.39, 0.29) is 10.7 Å². The summed E-state index contributed by atoms with van der Waals surface area (Å²) in [5, 5.41) is 5.00. The van der Waals surface area contributed by atoms with Gasteiger partial charge in [0.05, 0.1) is 5.69 Å². The molecule has 0 aliphatic rings. The van der Waals surface area contributed by atoms with Crippen molar-refractivity contribution in [3.8, 4) is 0 Å². The summed E-state index contributed by atoms with van der Waals surface area (Å²) in [6.45, 7) is 0. The summed E-state index contributed by atoms with van der Waals surface area (Å²) in [6, 6.07) is 12.5. The van der Waals surface area contributed by atoms with Gasteiger partial charge in [0.25, 0.3) is 0 Å². The van der Waals surface area contributed by atoms with Crippen molar-refractivity contribution in [1.82, 2.24) is 0 Å². The Hall–Kier alpha value is -2.47. The highest BCUT2D eigenvalue weighted by atomic mass is 32.1. The second-order valence-electron chi connectivity index (χ2n) is 4.00. The van der Waals surface area contributed by atoms with Crippen LogP contribution in [0.4, 0.5) is 20.6 Å². The van der Waals surface area contributed by atoms with E-state index in [1.807, 2.05) is 6.07 Å². The van der Waals surface area contributed by atoms with Crippen molar-refractivity contribution in [3.63, 3.8) is 0 Å². The summed E-state index contributed by atoms with van der Waals surface area (Å²) in [7, 11) is 0. The Morgan fingerprint density at radius 2 is 1.80 bits per heavy atom. The maximum absolute atomic E-state index is 13.8. The van der Waals surface area contributed by atoms with Gasteiger partial charge in [-0.3, -0.25) is 0 Å². The molecule has 4 N–H and O–H groups in total. The van der Waals surface area contributed by atoms with E-state index >= 15 is 0 Å². The third kappa shape index (κ3) is 3.52. The Balaban J connectivity index is 2.06. The average Bonchev–Trinajstić information content (AvgIpc) is 2.42. The fraction of sp³-hybridized carbons (Fsp3) is 0. The number of carbonyl (C=O) groups excluding carboxylic acids is 1. The largest absolute Gasteiger partial charge is 0.389 e. The summed E-state index contributed by atoms with van der Waals surface area (Å²) in [5.41, 5.74) is 6.48. The third-order valence-electron chi connectivity index (χ3n) is 2.53. The third-order valence-corrected chi connectivity index (χ3v) is 2.77. The Bertz CT molecular complexity index is 646. The molecule has 20 heavy (non-hydrogen) atoms. The molecule has 0 spiro atoms. The van der Waals surface area contributed by atoms with Gasteiger partial charge in [-0.2, -0.15) is 0 Å². The molecule has 0 heterocycles. The number of carbonyl (C=O) groups is 1. The number of urea groups is 1. The van der Waals surface area contributed by atoms with Gasteiger partial charge in [0, 0.05) is 11.3 Å². The number of thiocarbonyl (C=S) groups is 1. The molecule has 0 saturated carbocycles. The molecular weight excluding hydrogens is 277 g/mol. The molecule has 0 radical (unpaired) electrons. The molecule has 0 atom stereocenters. The molecule has 0 bridgehead atoms. The molecule has 0 unspecified atom stereocenters. The van der Waals surface area contributed by atoms with E-state index in [4.69, 9.17) is 18.0 Å². The van der Waals surface area contributed by atoms with E-state index in [1.54, 1.807) is 30.3 Å². The first-order valence-electron chi connectivity index (χ1n) is 5.78. The molecule has 2 aromatic rings. The number of rotatable bonds is 3. The smallest absolute Gasteiger partial charge is 0.323 e. The van der Waals surface area contributed by atoms with Crippen LogP contribution in [-0.2, 0) is 0 Å². The van der Waals surface area contributed by atoms with Crippen LogP contribution in [0, 0.1) is 5.82 Å². The number of nitrogens with two attached hydrogens (primary N) is 1. The molecule has 0 aromatic heterocycles. The van der Waals surface area contributed by atoms with Crippen LogP contribution in [0.25, 0.3) is 0 Å². The van der Waals surface area contributed by atoms with Crippen LogP contribution in [0.1, 0.15) is 5.56 Å². The van der Waals surface area contributed by atoms with Crippen molar-refractivity contribution in [1.29, 1.82) is 0 Å². The highest BCUT2D eigenvalue weighted by molar-refractivity contribution is 7.80. The molecule has 0 aliphatic carbocycles. The molecule has 2 rings (SSSR count). The Kier molecular flexibility index (Phi) is 4.27. The summed E-state index contributed by atoms with van der Waals surface area (Å²) < 4.78 is 13.8. The van der Waals surface area contributed by atoms with Gasteiger partial charge >= 0.3 is 6.03 Å². The summed E-state index contributed by atoms with van der Waals surface area (Å²) in [6.07, 6.45) is 0. The molecule has 6 heteroatoms. The summed E-state index contributed by atoms with van der Waals surface area (Å²) in [4.78, 5) is 11.8. The van der Waals surface area contributed by atoms with Gasteiger partial charge < -0.3 is 16.4 Å². The molecular formula is C14H12FN3OS. The minimum absolute atomic E-state index is 0.0541. The zero-order chi connectivity index (χ0) is 14.5. The van der Waals surface area contributed by atoms with Crippen LogP contribution < -0.4 is 16.4 Å². The van der Waals surface area contributed by atoms with Crippen molar-refractivity contribution < 1.29 is 9.18 Å². The Morgan fingerprint density at radius 3 is 2.40 bits per heavy atom. The first-order chi connectivity index (χ1) is 9.56.